The maximum Gasteiger partial charge on any atom is 0.446 e. The predicted octanol–water partition coefficient (Wildman–Crippen LogP) is 4.59. The van der Waals surface area contributed by atoms with Gasteiger partial charge in [-0.1, -0.05) is 42.1 Å². The molecule has 0 saturated heterocycles. The molecule has 0 nitrogen and oxygen atoms in total. The van der Waals surface area contributed by atoms with E-state index >= 15 is 0 Å². The molecule has 0 fully saturated rings. The molecule has 0 N–H and O–H groups in total. The summed E-state index contributed by atoms with van der Waals surface area (Å²) in [6.07, 6.45) is -5.26. The normalized spacial score (nSPS) is 13.6. The summed E-state index contributed by atoms with van der Waals surface area (Å²) in [7, 11) is 0. The molecule has 0 atom stereocenters. The van der Waals surface area contributed by atoms with Crippen LogP contribution in [0.15, 0.2) is 41.3 Å². The molecule has 0 saturated carbocycles. The summed E-state index contributed by atoms with van der Waals surface area (Å²) in [5.41, 5.74) is 0.623. The molecule has 0 aliphatic rings. The smallest absolute Gasteiger partial charge is 0.198 e. The third-order valence-electron chi connectivity index (χ3n) is 1.63. The zero-order valence-corrected chi connectivity index (χ0v) is 8.71. The average molecular weight is 254 g/mol. The highest BCUT2D eigenvalue weighted by atomic mass is 32.2. The van der Waals surface area contributed by atoms with Crippen LogP contribution in [0, 0.1) is 0 Å². The number of thioether (sulfide) groups is 1. The van der Waals surface area contributed by atoms with Crippen LogP contribution in [0.1, 0.15) is 5.56 Å². The molecule has 0 bridgehead atoms. The molecular weight excluding hydrogens is 247 g/mol. The van der Waals surface area contributed by atoms with E-state index in [1.165, 1.54) is 0 Å². The minimum atomic E-state index is -5.26. The zero-order valence-electron chi connectivity index (χ0n) is 7.89. The summed E-state index contributed by atoms with van der Waals surface area (Å²) < 4.78 is 60.3. The van der Waals surface area contributed by atoms with Crippen LogP contribution < -0.4 is 0 Å². The highest BCUT2D eigenvalue weighted by Gasteiger charge is 2.38. The van der Waals surface area contributed by atoms with E-state index in [0.29, 0.717) is 5.56 Å². The zero-order chi connectivity index (χ0) is 12.2. The molecule has 6 heteroatoms. The Morgan fingerprint density at radius 3 is 2.12 bits per heavy atom. The van der Waals surface area contributed by atoms with Crippen LogP contribution >= 0.6 is 11.8 Å². The van der Waals surface area contributed by atoms with E-state index in [1.807, 2.05) is 0 Å². The Morgan fingerprint density at radius 1 is 1.06 bits per heavy atom. The van der Waals surface area contributed by atoms with Crippen molar-refractivity contribution in [2.45, 2.75) is 11.9 Å². The fourth-order valence-electron chi connectivity index (χ4n) is 0.896. The van der Waals surface area contributed by atoms with Gasteiger partial charge in [-0.3, -0.25) is 0 Å². The van der Waals surface area contributed by atoms with Crippen molar-refractivity contribution in [2.75, 3.05) is 0 Å². The second-order valence-electron chi connectivity index (χ2n) is 2.86. The largest absolute Gasteiger partial charge is 0.446 e. The SMILES string of the molecule is FC(SCc1ccccc1)=C(F)C(F)(F)F. The monoisotopic (exact) mass is 254 g/mol. The summed E-state index contributed by atoms with van der Waals surface area (Å²) in [5, 5.41) is -1.84. The molecule has 16 heavy (non-hydrogen) atoms. The maximum atomic E-state index is 12.7. The van der Waals surface area contributed by atoms with Gasteiger partial charge in [-0.15, -0.1) is 0 Å². The highest BCUT2D eigenvalue weighted by Crippen LogP contribution is 2.35. The Kier molecular flexibility index (Phi) is 4.35. The molecule has 0 spiro atoms. The van der Waals surface area contributed by atoms with Crippen LogP contribution in [0.4, 0.5) is 22.0 Å². The fraction of sp³-hybridized carbons (Fsp3) is 0.200. The van der Waals surface area contributed by atoms with Gasteiger partial charge in [0.05, 0.1) is 0 Å². The minimum absolute atomic E-state index is 0.0455. The van der Waals surface area contributed by atoms with Gasteiger partial charge in [-0.2, -0.15) is 22.0 Å². The first-order chi connectivity index (χ1) is 7.41. The van der Waals surface area contributed by atoms with E-state index in [2.05, 4.69) is 0 Å². The predicted molar refractivity (Wildman–Crippen MR) is 53.0 cm³/mol. The Bertz CT molecular complexity index is 369. The van der Waals surface area contributed by atoms with Gasteiger partial charge in [-0.25, -0.2) is 0 Å². The first kappa shape index (κ1) is 13.0. The van der Waals surface area contributed by atoms with Gasteiger partial charge in [0.2, 0.25) is 5.83 Å². The van der Waals surface area contributed by atoms with E-state index in [1.54, 1.807) is 30.3 Å². The second-order valence-corrected chi connectivity index (χ2v) is 3.80. The van der Waals surface area contributed by atoms with Crippen molar-refractivity contribution >= 4 is 11.8 Å². The maximum absolute atomic E-state index is 12.7. The van der Waals surface area contributed by atoms with Gasteiger partial charge in [0.25, 0.3) is 0 Å². The van der Waals surface area contributed by atoms with Gasteiger partial charge < -0.3 is 0 Å². The van der Waals surface area contributed by atoms with Crippen molar-refractivity contribution in [3.8, 4) is 0 Å². The number of benzene rings is 1. The molecule has 0 radical (unpaired) electrons. The van der Waals surface area contributed by atoms with Crippen LogP contribution in [0.2, 0.25) is 0 Å². The molecule has 0 aliphatic heterocycles. The minimum Gasteiger partial charge on any atom is -0.198 e. The number of halogens is 5. The quantitative estimate of drug-likeness (QED) is 0.711. The summed E-state index contributed by atoms with van der Waals surface area (Å²) in [4.78, 5) is 0. The summed E-state index contributed by atoms with van der Waals surface area (Å²) in [5.74, 6) is -2.72. The van der Waals surface area contributed by atoms with E-state index in [9.17, 15) is 22.0 Å². The number of allylic oxidation sites excluding steroid dienone is 1. The van der Waals surface area contributed by atoms with Crippen LogP contribution in [-0.4, -0.2) is 6.18 Å². The highest BCUT2D eigenvalue weighted by molar-refractivity contribution is 8.02. The van der Waals surface area contributed by atoms with Crippen molar-refractivity contribution in [1.29, 1.82) is 0 Å². The summed E-state index contributed by atoms with van der Waals surface area (Å²) >= 11 is 0.182. The van der Waals surface area contributed by atoms with Crippen LogP contribution in [0.5, 0.6) is 0 Å². The number of rotatable bonds is 3. The van der Waals surface area contributed by atoms with E-state index in [4.69, 9.17) is 0 Å². The molecular formula is C10H7F5S. The molecule has 0 unspecified atom stereocenters. The fourth-order valence-corrected chi connectivity index (χ4v) is 1.62. The molecule has 0 aliphatic carbocycles. The lowest BCUT2D eigenvalue weighted by atomic mass is 10.2. The van der Waals surface area contributed by atoms with Crippen LogP contribution in [0.25, 0.3) is 0 Å². The van der Waals surface area contributed by atoms with Crippen LogP contribution in [0.3, 0.4) is 0 Å². The average Bonchev–Trinajstić information content (AvgIpc) is 2.25. The van der Waals surface area contributed by atoms with Gasteiger partial charge >= 0.3 is 6.18 Å². The lowest BCUT2D eigenvalue weighted by molar-refractivity contribution is -0.110. The third-order valence-corrected chi connectivity index (χ3v) is 2.54. The first-order valence-corrected chi connectivity index (χ1v) is 5.19. The first-order valence-electron chi connectivity index (χ1n) is 4.20. The van der Waals surface area contributed by atoms with Crippen LogP contribution in [-0.2, 0) is 5.75 Å². The van der Waals surface area contributed by atoms with Crippen molar-refractivity contribution in [3.63, 3.8) is 0 Å². The van der Waals surface area contributed by atoms with Crippen molar-refractivity contribution in [1.82, 2.24) is 0 Å². The van der Waals surface area contributed by atoms with Gasteiger partial charge in [0.15, 0.2) is 5.16 Å². The Balaban J connectivity index is 2.63. The summed E-state index contributed by atoms with van der Waals surface area (Å²) in [6.45, 7) is 0. The topological polar surface area (TPSA) is 0 Å². The molecule has 0 amide bonds. The summed E-state index contributed by atoms with van der Waals surface area (Å²) in [6, 6.07) is 8.28. The van der Waals surface area contributed by atoms with Gasteiger partial charge in [-0.05, 0) is 5.56 Å². The Hall–Kier alpha value is -1.04. The molecule has 0 heterocycles. The third kappa shape index (κ3) is 3.84. The van der Waals surface area contributed by atoms with Gasteiger partial charge in [0, 0.05) is 5.75 Å². The lowest BCUT2D eigenvalue weighted by Crippen LogP contribution is -2.08. The van der Waals surface area contributed by atoms with Gasteiger partial charge in [0.1, 0.15) is 0 Å². The number of hydrogen-bond donors (Lipinski definition) is 0. The van der Waals surface area contributed by atoms with E-state index in [-0.39, 0.29) is 17.5 Å². The van der Waals surface area contributed by atoms with E-state index < -0.39 is 17.2 Å². The Labute approximate surface area is 93.2 Å². The van der Waals surface area contributed by atoms with Crippen molar-refractivity contribution in [2.24, 2.45) is 0 Å². The molecule has 1 aromatic carbocycles. The van der Waals surface area contributed by atoms with E-state index in [0.717, 1.165) is 0 Å². The molecule has 88 valence electrons. The molecule has 1 rings (SSSR count). The number of hydrogen-bond acceptors (Lipinski definition) is 1. The number of alkyl halides is 3. The van der Waals surface area contributed by atoms with Crippen molar-refractivity contribution in [3.05, 3.63) is 46.9 Å². The Morgan fingerprint density at radius 2 is 1.62 bits per heavy atom. The van der Waals surface area contributed by atoms with Crippen molar-refractivity contribution < 1.29 is 22.0 Å². The molecule has 1 aromatic rings. The second kappa shape index (κ2) is 5.34. The molecule has 0 aromatic heterocycles. The standard InChI is InChI=1S/C10H7F5S/c11-8(10(13,14)15)9(12)16-6-7-4-2-1-3-5-7/h1-5H,6H2. The lowest BCUT2D eigenvalue weighted by Gasteiger charge is -2.04.